The van der Waals surface area contributed by atoms with Gasteiger partial charge >= 0.3 is 0 Å². The van der Waals surface area contributed by atoms with Crippen LogP contribution in [0.4, 0.5) is 0 Å². The summed E-state index contributed by atoms with van der Waals surface area (Å²) in [4.78, 5) is 17.1. The van der Waals surface area contributed by atoms with Gasteiger partial charge in [-0.1, -0.05) is 0 Å². The highest BCUT2D eigenvalue weighted by atomic mass is 32.2. The zero-order valence-electron chi connectivity index (χ0n) is 14.9. The van der Waals surface area contributed by atoms with Gasteiger partial charge in [0, 0.05) is 31.1 Å². The first-order valence-electron chi connectivity index (χ1n) is 8.38. The van der Waals surface area contributed by atoms with E-state index < -0.39 is 10.0 Å². The fourth-order valence-corrected chi connectivity index (χ4v) is 4.52. The number of rotatable bonds is 2. The summed E-state index contributed by atoms with van der Waals surface area (Å²) in [6.45, 7) is 6.81. The van der Waals surface area contributed by atoms with Gasteiger partial charge < -0.3 is 9.64 Å². The third-order valence-electron chi connectivity index (χ3n) is 5.20. The normalized spacial score (nSPS) is 24.9. The molecule has 0 unspecified atom stereocenters. The third-order valence-corrected chi connectivity index (χ3v) is 6.24. The molecule has 0 saturated carbocycles. The lowest BCUT2D eigenvalue weighted by atomic mass is 10.0. The van der Waals surface area contributed by atoms with Gasteiger partial charge in [0.05, 0.1) is 24.2 Å². The first-order valence-corrected chi connectivity index (χ1v) is 9.92. The maximum Gasteiger partial charge on any atom is 0.253 e. The zero-order chi connectivity index (χ0) is 18.4. The maximum absolute atomic E-state index is 13.1. The summed E-state index contributed by atoms with van der Waals surface area (Å²) in [5.74, 6) is 0.103. The monoisotopic (exact) mass is 367 g/mol. The molecular formula is C17H25N3O4S. The molecule has 138 valence electrons. The van der Waals surface area contributed by atoms with Gasteiger partial charge in [-0.05, 0) is 44.2 Å². The van der Waals surface area contributed by atoms with E-state index in [1.54, 1.807) is 19.9 Å². The molecule has 25 heavy (non-hydrogen) atoms. The van der Waals surface area contributed by atoms with Gasteiger partial charge in [0.25, 0.3) is 5.91 Å². The molecule has 1 amide bonds. The minimum Gasteiger partial charge on any atom is -0.379 e. The number of primary sulfonamides is 1. The molecule has 3 rings (SSSR count). The Labute approximate surface area is 148 Å². The summed E-state index contributed by atoms with van der Waals surface area (Å²) in [5, 5.41) is 5.32. The number of hydrogen-bond acceptors (Lipinski definition) is 5. The third kappa shape index (κ3) is 3.72. The Bertz CT molecular complexity index is 793. The topological polar surface area (TPSA) is 92.9 Å². The highest BCUT2D eigenvalue weighted by Crippen LogP contribution is 2.24. The van der Waals surface area contributed by atoms with Crippen molar-refractivity contribution in [3.05, 3.63) is 28.8 Å². The number of hydrogen-bond donors (Lipinski definition) is 1. The number of amides is 1. The number of fused-ring (bicyclic) bond motifs is 3. The lowest BCUT2D eigenvalue weighted by molar-refractivity contribution is 0.0433. The van der Waals surface area contributed by atoms with Crippen LogP contribution in [-0.2, 0) is 14.8 Å². The van der Waals surface area contributed by atoms with Crippen LogP contribution >= 0.6 is 0 Å². The lowest BCUT2D eigenvalue weighted by Gasteiger charge is -2.30. The molecule has 0 aromatic heterocycles. The van der Waals surface area contributed by atoms with Crippen molar-refractivity contribution in [3.63, 3.8) is 0 Å². The number of carbonyl (C=O) groups is 1. The van der Waals surface area contributed by atoms with E-state index in [9.17, 15) is 13.2 Å². The first-order chi connectivity index (χ1) is 11.7. The van der Waals surface area contributed by atoms with E-state index in [0.29, 0.717) is 37.4 Å². The number of benzene rings is 1. The van der Waals surface area contributed by atoms with Gasteiger partial charge in [0.15, 0.2) is 0 Å². The number of carbonyl (C=O) groups excluding carboxylic acids is 1. The molecule has 2 bridgehead atoms. The summed E-state index contributed by atoms with van der Waals surface area (Å²) >= 11 is 0. The zero-order valence-corrected chi connectivity index (χ0v) is 15.7. The van der Waals surface area contributed by atoms with Crippen molar-refractivity contribution < 1.29 is 17.9 Å². The van der Waals surface area contributed by atoms with Crippen LogP contribution in [-0.4, -0.2) is 70.1 Å². The van der Waals surface area contributed by atoms with Gasteiger partial charge in [-0.25, -0.2) is 13.6 Å². The van der Waals surface area contributed by atoms with Crippen molar-refractivity contribution in [2.75, 3.05) is 39.9 Å². The van der Waals surface area contributed by atoms with E-state index in [4.69, 9.17) is 9.88 Å². The van der Waals surface area contributed by atoms with Gasteiger partial charge in [-0.3, -0.25) is 9.69 Å². The van der Waals surface area contributed by atoms with Crippen LogP contribution in [0.2, 0.25) is 0 Å². The van der Waals surface area contributed by atoms with Gasteiger partial charge in [0.2, 0.25) is 10.0 Å². The molecule has 2 saturated heterocycles. The second kappa shape index (κ2) is 6.68. The summed E-state index contributed by atoms with van der Waals surface area (Å²) in [5.41, 5.74) is 1.70. The molecule has 2 aliphatic heterocycles. The maximum atomic E-state index is 13.1. The SMILES string of the molecule is Cc1cc(C(=O)N2C[C@@H]3COC[C@H](C2)N(C)C3)cc(S(N)(=O)=O)c1C. The molecule has 2 atom stereocenters. The number of nitrogens with zero attached hydrogens (tertiary/aromatic N) is 2. The summed E-state index contributed by atoms with van der Waals surface area (Å²) in [7, 11) is -1.82. The van der Waals surface area contributed by atoms with Crippen LogP contribution in [0.15, 0.2) is 17.0 Å². The average molecular weight is 367 g/mol. The quantitative estimate of drug-likeness (QED) is 0.814. The Kier molecular flexibility index (Phi) is 4.89. The minimum atomic E-state index is -3.87. The van der Waals surface area contributed by atoms with Crippen LogP contribution in [0, 0.1) is 19.8 Å². The molecule has 1 aromatic rings. The molecular weight excluding hydrogens is 342 g/mol. The lowest BCUT2D eigenvalue weighted by Crippen LogP contribution is -2.44. The second-order valence-electron chi connectivity index (χ2n) is 7.17. The Morgan fingerprint density at radius 3 is 2.60 bits per heavy atom. The average Bonchev–Trinajstić information content (AvgIpc) is 2.76. The number of sulfonamides is 1. The Balaban J connectivity index is 1.94. The van der Waals surface area contributed by atoms with Crippen molar-refractivity contribution in [1.29, 1.82) is 0 Å². The van der Waals surface area contributed by atoms with Gasteiger partial charge in [0.1, 0.15) is 0 Å². The first kappa shape index (κ1) is 18.3. The molecule has 2 heterocycles. The molecule has 1 aromatic carbocycles. The Morgan fingerprint density at radius 1 is 1.20 bits per heavy atom. The van der Waals surface area contributed by atoms with Crippen LogP contribution in [0.3, 0.4) is 0 Å². The van der Waals surface area contributed by atoms with E-state index in [1.165, 1.54) is 6.07 Å². The molecule has 2 fully saturated rings. The minimum absolute atomic E-state index is 0.0197. The van der Waals surface area contributed by atoms with Crippen molar-refractivity contribution >= 4 is 15.9 Å². The fourth-order valence-electron chi connectivity index (χ4n) is 3.64. The predicted octanol–water partition coefficient (Wildman–Crippen LogP) is 0.353. The van der Waals surface area contributed by atoms with E-state index in [1.807, 2.05) is 4.90 Å². The van der Waals surface area contributed by atoms with Gasteiger partial charge in [-0.2, -0.15) is 0 Å². The van der Waals surface area contributed by atoms with E-state index in [0.717, 1.165) is 12.1 Å². The smallest absolute Gasteiger partial charge is 0.253 e. The van der Waals surface area contributed by atoms with Gasteiger partial charge in [-0.15, -0.1) is 0 Å². The van der Waals surface area contributed by atoms with Crippen LogP contribution in [0.1, 0.15) is 21.5 Å². The summed E-state index contributed by atoms with van der Waals surface area (Å²) < 4.78 is 29.4. The van der Waals surface area contributed by atoms with Crippen LogP contribution in [0.5, 0.6) is 0 Å². The molecule has 2 aliphatic rings. The standard InChI is InChI=1S/C17H25N3O4S/c1-11-4-14(5-16(12(11)2)25(18,22)23)17(21)20-7-13-6-19(3)15(8-20)10-24-9-13/h4-5,13,15H,6-10H2,1-3H3,(H2,18,22,23)/t13-,15+/m1/s1. The van der Waals surface area contributed by atoms with Crippen LogP contribution < -0.4 is 5.14 Å². The Morgan fingerprint density at radius 2 is 1.92 bits per heavy atom. The highest BCUT2D eigenvalue weighted by Gasteiger charge is 2.34. The van der Waals surface area contributed by atoms with E-state index >= 15 is 0 Å². The van der Waals surface area contributed by atoms with Crippen molar-refractivity contribution in [3.8, 4) is 0 Å². The summed E-state index contributed by atoms with van der Waals surface area (Å²) in [6.07, 6.45) is 0. The molecule has 7 nitrogen and oxygen atoms in total. The predicted molar refractivity (Wildman–Crippen MR) is 93.9 cm³/mol. The number of ether oxygens (including phenoxy) is 1. The Hall–Kier alpha value is -1.48. The molecule has 2 N–H and O–H groups in total. The van der Waals surface area contributed by atoms with E-state index in [2.05, 4.69) is 11.9 Å². The molecule has 0 spiro atoms. The highest BCUT2D eigenvalue weighted by molar-refractivity contribution is 7.89. The van der Waals surface area contributed by atoms with Crippen molar-refractivity contribution in [2.24, 2.45) is 11.1 Å². The fraction of sp³-hybridized carbons (Fsp3) is 0.588. The summed E-state index contributed by atoms with van der Waals surface area (Å²) in [6, 6.07) is 3.30. The second-order valence-corrected chi connectivity index (χ2v) is 8.70. The van der Waals surface area contributed by atoms with Crippen molar-refractivity contribution in [1.82, 2.24) is 9.80 Å². The largest absolute Gasteiger partial charge is 0.379 e. The number of nitrogens with two attached hydrogens (primary N) is 1. The van der Waals surface area contributed by atoms with Crippen LogP contribution in [0.25, 0.3) is 0 Å². The number of aryl methyl sites for hydroxylation is 1. The molecule has 8 heteroatoms. The molecule has 0 radical (unpaired) electrons. The van der Waals surface area contributed by atoms with E-state index in [-0.39, 0.29) is 22.8 Å². The van der Waals surface area contributed by atoms with Crippen molar-refractivity contribution in [2.45, 2.75) is 24.8 Å². The molecule has 0 aliphatic carbocycles. The number of likely N-dealkylation sites (N-methyl/N-ethyl adjacent to an activating group) is 1.